The Morgan fingerprint density at radius 2 is 1.54 bits per heavy atom. The van der Waals surface area contributed by atoms with Gasteiger partial charge in [-0.2, -0.15) is 17.5 Å². The lowest BCUT2D eigenvalue weighted by molar-refractivity contribution is -0.137. The molecule has 0 aromatic heterocycles. The number of piperidine rings is 1. The van der Waals surface area contributed by atoms with Gasteiger partial charge >= 0.3 is 6.18 Å². The van der Waals surface area contributed by atoms with Crippen molar-refractivity contribution in [1.29, 1.82) is 0 Å². The largest absolute Gasteiger partial charge is 0.416 e. The second-order valence-corrected chi connectivity index (χ2v) is 8.48. The molecule has 9 heteroatoms. The Morgan fingerprint density at radius 3 is 2.07 bits per heavy atom. The van der Waals surface area contributed by atoms with E-state index in [0.717, 1.165) is 24.3 Å². The van der Waals surface area contributed by atoms with Crippen LogP contribution in [-0.4, -0.2) is 37.8 Å². The van der Waals surface area contributed by atoms with Gasteiger partial charge in [0.05, 0.1) is 10.5 Å². The van der Waals surface area contributed by atoms with Crippen molar-refractivity contribution in [2.75, 3.05) is 13.1 Å². The smallest absolute Gasteiger partial charge is 0.349 e. The number of nitrogens with one attached hydrogen (secondary N) is 1. The van der Waals surface area contributed by atoms with Crippen molar-refractivity contribution in [3.63, 3.8) is 0 Å². The van der Waals surface area contributed by atoms with E-state index in [4.69, 9.17) is 0 Å². The molecule has 1 aliphatic rings. The standard InChI is InChI=1S/C19H19F3N2O3S/c20-19(21,22)15-6-8-17(9-7-15)28(26,27)24-12-10-16(11-13-24)23-18(25)14-4-2-1-3-5-14/h1-9,16H,10-13H2,(H,23,25). The molecule has 0 aliphatic carbocycles. The highest BCUT2D eigenvalue weighted by Gasteiger charge is 2.33. The Balaban J connectivity index is 1.61. The lowest BCUT2D eigenvalue weighted by Crippen LogP contribution is -2.46. The van der Waals surface area contributed by atoms with Gasteiger partial charge in [0, 0.05) is 24.7 Å². The van der Waals surface area contributed by atoms with E-state index in [1.54, 1.807) is 30.3 Å². The normalized spacial score (nSPS) is 16.7. The van der Waals surface area contributed by atoms with E-state index < -0.39 is 21.8 Å². The van der Waals surface area contributed by atoms with Crippen molar-refractivity contribution in [2.24, 2.45) is 0 Å². The van der Waals surface area contributed by atoms with Crippen molar-refractivity contribution >= 4 is 15.9 Å². The van der Waals surface area contributed by atoms with Gasteiger partial charge in [0.15, 0.2) is 0 Å². The quantitative estimate of drug-likeness (QED) is 0.838. The molecule has 1 saturated heterocycles. The number of halogens is 3. The van der Waals surface area contributed by atoms with Crippen LogP contribution in [0.3, 0.4) is 0 Å². The fraction of sp³-hybridized carbons (Fsp3) is 0.316. The topological polar surface area (TPSA) is 66.5 Å². The molecule has 1 N–H and O–H groups in total. The molecule has 0 bridgehead atoms. The number of hydrogen-bond acceptors (Lipinski definition) is 3. The predicted molar refractivity (Wildman–Crippen MR) is 97.1 cm³/mol. The van der Waals surface area contributed by atoms with Gasteiger partial charge in [-0.1, -0.05) is 18.2 Å². The molecule has 3 rings (SSSR count). The fourth-order valence-corrected chi connectivity index (χ4v) is 4.53. The number of nitrogens with zero attached hydrogens (tertiary/aromatic N) is 1. The number of amides is 1. The molecule has 0 saturated carbocycles. The number of carbonyl (C=O) groups is 1. The molecule has 150 valence electrons. The minimum atomic E-state index is -4.52. The van der Waals surface area contributed by atoms with E-state index in [1.807, 2.05) is 0 Å². The van der Waals surface area contributed by atoms with Crippen molar-refractivity contribution in [3.05, 3.63) is 65.7 Å². The van der Waals surface area contributed by atoms with Gasteiger partial charge in [-0.3, -0.25) is 4.79 Å². The summed E-state index contributed by atoms with van der Waals surface area (Å²) in [6.45, 7) is 0.367. The molecule has 0 unspecified atom stereocenters. The Morgan fingerprint density at radius 1 is 0.964 bits per heavy atom. The van der Waals surface area contributed by atoms with Gasteiger partial charge in [0.1, 0.15) is 0 Å². The minimum absolute atomic E-state index is 0.160. The first kappa shape index (κ1) is 20.3. The third-order valence-corrected chi connectivity index (χ3v) is 6.56. The van der Waals surface area contributed by atoms with Gasteiger partial charge < -0.3 is 5.32 Å². The van der Waals surface area contributed by atoms with Crippen LogP contribution in [0.25, 0.3) is 0 Å². The van der Waals surface area contributed by atoms with Crippen LogP contribution in [0.1, 0.15) is 28.8 Å². The van der Waals surface area contributed by atoms with Crippen molar-refractivity contribution in [1.82, 2.24) is 9.62 Å². The van der Waals surface area contributed by atoms with Crippen molar-refractivity contribution < 1.29 is 26.4 Å². The van der Waals surface area contributed by atoms with Crippen molar-refractivity contribution in [2.45, 2.75) is 30.0 Å². The van der Waals surface area contributed by atoms with Gasteiger partial charge in [-0.05, 0) is 49.2 Å². The zero-order valence-corrected chi connectivity index (χ0v) is 15.6. The average molecular weight is 412 g/mol. The average Bonchev–Trinajstić information content (AvgIpc) is 2.68. The summed E-state index contributed by atoms with van der Waals surface area (Å²) in [6, 6.07) is 12.0. The number of hydrogen-bond donors (Lipinski definition) is 1. The molecule has 2 aromatic rings. The van der Waals surface area contributed by atoms with Crippen LogP contribution < -0.4 is 5.32 Å². The molecule has 5 nitrogen and oxygen atoms in total. The fourth-order valence-electron chi connectivity index (χ4n) is 3.06. The highest BCUT2D eigenvalue weighted by molar-refractivity contribution is 7.89. The van der Waals surface area contributed by atoms with E-state index in [0.29, 0.717) is 18.4 Å². The number of benzene rings is 2. The van der Waals surface area contributed by atoms with E-state index >= 15 is 0 Å². The second-order valence-electron chi connectivity index (χ2n) is 6.54. The first-order valence-electron chi connectivity index (χ1n) is 8.71. The monoisotopic (exact) mass is 412 g/mol. The summed E-state index contributed by atoms with van der Waals surface area (Å²) in [7, 11) is -3.88. The maximum absolute atomic E-state index is 12.7. The summed E-state index contributed by atoms with van der Waals surface area (Å²) in [6.07, 6.45) is -3.66. The summed E-state index contributed by atoms with van der Waals surface area (Å²) in [4.78, 5) is 12.0. The van der Waals surface area contributed by atoms with E-state index in [1.165, 1.54) is 4.31 Å². The molecule has 1 heterocycles. The third-order valence-electron chi connectivity index (χ3n) is 4.64. The van der Waals surface area contributed by atoms with Crippen LogP contribution in [0.15, 0.2) is 59.5 Å². The first-order valence-corrected chi connectivity index (χ1v) is 10.2. The Hall–Kier alpha value is -2.39. The maximum Gasteiger partial charge on any atom is 0.416 e. The Kier molecular flexibility index (Phi) is 5.76. The molecular formula is C19H19F3N2O3S. The van der Waals surface area contributed by atoms with Crippen LogP contribution in [0, 0.1) is 0 Å². The summed E-state index contributed by atoms with van der Waals surface area (Å²) in [5, 5.41) is 2.89. The highest BCUT2D eigenvalue weighted by atomic mass is 32.2. The molecule has 1 amide bonds. The van der Waals surface area contributed by atoms with Crippen molar-refractivity contribution in [3.8, 4) is 0 Å². The Labute approximate surface area is 161 Å². The molecule has 1 aliphatic heterocycles. The van der Waals surface area contributed by atoms with Crippen LogP contribution in [-0.2, 0) is 16.2 Å². The van der Waals surface area contributed by atoms with Crippen LogP contribution >= 0.6 is 0 Å². The van der Waals surface area contributed by atoms with Crippen LogP contribution in [0.2, 0.25) is 0 Å². The van der Waals surface area contributed by atoms with E-state index in [9.17, 15) is 26.4 Å². The van der Waals surface area contributed by atoms with Crippen LogP contribution in [0.5, 0.6) is 0 Å². The predicted octanol–water partition coefficient (Wildman–Crippen LogP) is 3.29. The highest BCUT2D eigenvalue weighted by Crippen LogP contribution is 2.30. The minimum Gasteiger partial charge on any atom is -0.349 e. The lowest BCUT2D eigenvalue weighted by atomic mass is 10.1. The summed E-state index contributed by atoms with van der Waals surface area (Å²) in [5.74, 6) is -0.218. The van der Waals surface area contributed by atoms with Gasteiger partial charge in [0.25, 0.3) is 5.91 Å². The van der Waals surface area contributed by atoms with E-state index in [-0.39, 0.29) is 29.9 Å². The van der Waals surface area contributed by atoms with Crippen LogP contribution in [0.4, 0.5) is 13.2 Å². The number of carbonyl (C=O) groups excluding carboxylic acids is 1. The zero-order chi connectivity index (χ0) is 20.4. The number of rotatable bonds is 4. The molecule has 0 spiro atoms. The summed E-state index contributed by atoms with van der Waals surface area (Å²) in [5.41, 5.74) is -0.365. The SMILES string of the molecule is O=C(NC1CCN(S(=O)(=O)c2ccc(C(F)(F)F)cc2)CC1)c1ccccc1. The van der Waals surface area contributed by atoms with Gasteiger partial charge in [-0.25, -0.2) is 8.42 Å². The molecule has 0 radical (unpaired) electrons. The molecular weight excluding hydrogens is 393 g/mol. The lowest BCUT2D eigenvalue weighted by Gasteiger charge is -2.31. The number of sulfonamides is 1. The van der Waals surface area contributed by atoms with E-state index in [2.05, 4.69) is 5.32 Å². The summed E-state index contributed by atoms with van der Waals surface area (Å²) < 4.78 is 64.5. The molecule has 2 aromatic carbocycles. The summed E-state index contributed by atoms with van der Waals surface area (Å²) >= 11 is 0. The third kappa shape index (κ3) is 4.53. The molecule has 0 atom stereocenters. The molecule has 28 heavy (non-hydrogen) atoms. The molecule has 1 fully saturated rings. The second kappa shape index (κ2) is 7.92. The zero-order valence-electron chi connectivity index (χ0n) is 14.8. The first-order chi connectivity index (χ1) is 13.2. The number of alkyl halides is 3. The van der Waals surface area contributed by atoms with Gasteiger partial charge in [-0.15, -0.1) is 0 Å². The van der Waals surface area contributed by atoms with Gasteiger partial charge in [0.2, 0.25) is 10.0 Å². The Bertz CT molecular complexity index is 921. The maximum atomic E-state index is 12.7.